The van der Waals surface area contributed by atoms with E-state index in [2.05, 4.69) is 28.7 Å². The number of methoxy groups -OCH3 is 1. The molecule has 0 saturated carbocycles. The van der Waals surface area contributed by atoms with Crippen molar-refractivity contribution < 1.29 is 4.74 Å². The molecule has 0 N–H and O–H groups in total. The monoisotopic (exact) mass is 568 g/mol. The van der Waals surface area contributed by atoms with E-state index in [1.54, 1.807) is 24.1 Å². The number of nitrogens with zero attached hydrogens (tertiary/aromatic N) is 4. The number of benzene rings is 2. The maximum Gasteiger partial charge on any atom is 0.249 e. The van der Waals surface area contributed by atoms with Crippen LogP contribution in [0.25, 0.3) is 0 Å². The molecule has 5 nitrogen and oxygen atoms in total. The van der Waals surface area contributed by atoms with E-state index in [1.165, 1.54) is 0 Å². The molecule has 2 aromatic rings. The van der Waals surface area contributed by atoms with Crippen molar-refractivity contribution >= 4 is 92.7 Å². The van der Waals surface area contributed by atoms with Crippen LogP contribution in [0, 0.1) is 0 Å². The Balaban J connectivity index is 2.17. The fraction of sp³-hybridized carbons (Fsp3) is 0.364. The molecule has 0 bridgehead atoms. The van der Waals surface area contributed by atoms with E-state index in [4.69, 9.17) is 74.3 Å². The van der Waals surface area contributed by atoms with Gasteiger partial charge in [0.2, 0.25) is 7.59 Å². The highest BCUT2D eigenvalue weighted by Gasteiger charge is 2.45. The number of ether oxygens (including phenoxy) is 1. The van der Waals surface area contributed by atoms with E-state index in [0.29, 0.717) is 22.8 Å². The largest absolute Gasteiger partial charge is 0.497 e. The molecular weight excluding hydrogens is 549 g/mol. The summed E-state index contributed by atoms with van der Waals surface area (Å²) in [7, 11) is 1.59. The second kappa shape index (κ2) is 10.7. The first kappa shape index (κ1) is 26.5. The Morgan fingerprint density at radius 2 is 1.48 bits per heavy atom. The maximum absolute atomic E-state index is 6.37. The molecule has 0 saturated heterocycles. The van der Waals surface area contributed by atoms with Crippen molar-refractivity contribution in [1.82, 2.24) is 0 Å². The van der Waals surface area contributed by atoms with Crippen LogP contribution in [0.15, 0.2) is 58.5 Å². The highest BCUT2D eigenvalue weighted by atomic mass is 35.6. The molecule has 178 valence electrons. The van der Waals surface area contributed by atoms with Crippen molar-refractivity contribution in [3.63, 3.8) is 0 Å². The summed E-state index contributed by atoms with van der Waals surface area (Å²) in [5.41, 5.74) is 2.48. The summed E-state index contributed by atoms with van der Waals surface area (Å²) in [4.78, 5) is 12.9. The molecule has 1 aliphatic rings. The van der Waals surface area contributed by atoms with Crippen LogP contribution >= 0.6 is 69.6 Å². The van der Waals surface area contributed by atoms with Gasteiger partial charge in [-0.05, 0) is 62.4 Å². The Morgan fingerprint density at radius 3 is 1.94 bits per heavy atom. The zero-order chi connectivity index (χ0) is 24.4. The van der Waals surface area contributed by atoms with Gasteiger partial charge in [0.25, 0.3) is 0 Å². The van der Waals surface area contributed by atoms with Gasteiger partial charge >= 0.3 is 0 Å². The van der Waals surface area contributed by atoms with Gasteiger partial charge in [-0.2, -0.15) is 0 Å². The third-order valence-corrected chi connectivity index (χ3v) is 6.17. The molecule has 0 spiro atoms. The van der Waals surface area contributed by atoms with E-state index in [9.17, 15) is 0 Å². The van der Waals surface area contributed by atoms with Gasteiger partial charge in [-0.15, -0.1) is 0 Å². The molecule has 0 radical (unpaired) electrons. The quantitative estimate of drug-likeness (QED) is 0.343. The van der Waals surface area contributed by atoms with Gasteiger partial charge < -0.3 is 9.64 Å². The van der Waals surface area contributed by atoms with Crippen molar-refractivity contribution in [3.05, 3.63) is 54.1 Å². The number of rotatable bonds is 6. The Morgan fingerprint density at radius 1 is 0.909 bits per heavy atom. The fourth-order valence-corrected chi connectivity index (χ4v) is 4.16. The Hall–Kier alpha value is -1.08. The third-order valence-electron chi connectivity index (χ3n) is 5.08. The summed E-state index contributed by atoms with van der Waals surface area (Å²) in [6.45, 7) is 5.96. The summed E-state index contributed by atoms with van der Waals surface area (Å²) in [5, 5.41) is 0. The van der Waals surface area contributed by atoms with Gasteiger partial charge in [-0.1, -0.05) is 69.6 Å². The van der Waals surface area contributed by atoms with Gasteiger partial charge in [0.05, 0.1) is 7.11 Å². The second-order valence-corrected chi connectivity index (χ2v) is 11.7. The lowest BCUT2D eigenvalue weighted by atomic mass is 10.1. The number of halogens is 6. The molecule has 0 amide bonds. The first-order valence-electron chi connectivity index (χ1n) is 10.1. The van der Waals surface area contributed by atoms with E-state index < -0.39 is 13.8 Å². The fourth-order valence-electron chi connectivity index (χ4n) is 3.45. The number of anilines is 2. The van der Waals surface area contributed by atoms with E-state index >= 15 is 0 Å². The molecule has 2 aromatic carbocycles. The molecule has 0 aromatic heterocycles. The predicted molar refractivity (Wildman–Crippen MR) is 144 cm³/mol. The molecular formula is C22H22Cl6N4O. The van der Waals surface area contributed by atoms with Crippen LogP contribution in [0.2, 0.25) is 0 Å². The molecule has 1 aliphatic heterocycles. The summed E-state index contributed by atoms with van der Waals surface area (Å²) >= 11 is 37.5. The van der Waals surface area contributed by atoms with Crippen LogP contribution in [-0.2, 0) is 0 Å². The second-order valence-electron chi connectivity index (χ2n) is 7.09. The van der Waals surface area contributed by atoms with Gasteiger partial charge in [0, 0.05) is 30.0 Å². The molecule has 1 atom stereocenters. The molecule has 3 rings (SSSR count). The average Bonchev–Trinajstić information content (AvgIpc) is 2.78. The number of amidine groups is 2. The van der Waals surface area contributed by atoms with Crippen molar-refractivity contribution in [1.29, 1.82) is 0 Å². The Bertz CT molecular complexity index is 1010. The van der Waals surface area contributed by atoms with Gasteiger partial charge in [-0.3, -0.25) is 4.90 Å². The first-order chi connectivity index (χ1) is 15.5. The lowest BCUT2D eigenvalue weighted by Gasteiger charge is -2.39. The van der Waals surface area contributed by atoms with Crippen LogP contribution in [0.5, 0.6) is 5.75 Å². The Labute approximate surface area is 223 Å². The highest BCUT2D eigenvalue weighted by Crippen LogP contribution is 2.42. The van der Waals surface area contributed by atoms with Crippen LogP contribution in [0.3, 0.4) is 0 Å². The zero-order valence-corrected chi connectivity index (χ0v) is 22.6. The molecule has 11 heteroatoms. The normalized spacial score (nSPS) is 16.9. The van der Waals surface area contributed by atoms with E-state index in [1.807, 2.05) is 36.4 Å². The third kappa shape index (κ3) is 6.14. The minimum absolute atomic E-state index is 0.0781. The SMILES string of the molecule is CCN(CC)c1ccc(N2C(c3ccc(OC)cc3)=NC(C(Cl)(Cl)Cl)=NC2C(Cl)(Cl)Cl)cc1. The van der Waals surface area contributed by atoms with E-state index in [0.717, 1.165) is 18.8 Å². The summed E-state index contributed by atoms with van der Waals surface area (Å²) < 4.78 is 1.50. The summed E-state index contributed by atoms with van der Waals surface area (Å²) in [6, 6.07) is 15.1. The van der Waals surface area contributed by atoms with Crippen LogP contribution in [0.4, 0.5) is 11.4 Å². The van der Waals surface area contributed by atoms with Crippen molar-refractivity contribution in [2.45, 2.75) is 27.6 Å². The number of aliphatic imine (C=N–C) groups is 2. The van der Waals surface area contributed by atoms with Gasteiger partial charge in [-0.25, -0.2) is 9.98 Å². The zero-order valence-electron chi connectivity index (χ0n) is 18.1. The predicted octanol–water partition coefficient (Wildman–Crippen LogP) is 7.27. The molecule has 33 heavy (non-hydrogen) atoms. The highest BCUT2D eigenvalue weighted by molar-refractivity contribution is 6.77. The van der Waals surface area contributed by atoms with Gasteiger partial charge in [0.1, 0.15) is 11.6 Å². The minimum Gasteiger partial charge on any atom is -0.497 e. The number of hydrogen-bond donors (Lipinski definition) is 0. The lowest BCUT2D eigenvalue weighted by molar-refractivity contribution is 0.415. The molecule has 0 fully saturated rings. The minimum atomic E-state index is -1.91. The van der Waals surface area contributed by atoms with Gasteiger partial charge in [0.15, 0.2) is 12.0 Å². The Kier molecular flexibility index (Phi) is 8.58. The maximum atomic E-state index is 6.37. The summed E-state index contributed by atoms with van der Waals surface area (Å²) in [6.07, 6.45) is -1.04. The molecule has 0 aliphatic carbocycles. The van der Waals surface area contributed by atoms with E-state index in [-0.39, 0.29) is 5.84 Å². The number of hydrogen-bond acceptors (Lipinski definition) is 5. The van der Waals surface area contributed by atoms with Crippen LogP contribution < -0.4 is 14.5 Å². The smallest absolute Gasteiger partial charge is 0.249 e. The van der Waals surface area contributed by atoms with Crippen molar-refractivity contribution in [3.8, 4) is 5.75 Å². The lowest BCUT2D eigenvalue weighted by Crippen LogP contribution is -2.51. The average molecular weight is 571 g/mol. The molecule has 1 unspecified atom stereocenters. The topological polar surface area (TPSA) is 40.4 Å². The number of alkyl halides is 6. The van der Waals surface area contributed by atoms with Crippen LogP contribution in [-0.4, -0.2) is 45.6 Å². The summed E-state index contributed by atoms with van der Waals surface area (Å²) in [5.74, 6) is 1.02. The van der Waals surface area contributed by atoms with Crippen LogP contribution in [0.1, 0.15) is 19.4 Å². The van der Waals surface area contributed by atoms with Crippen molar-refractivity contribution in [2.24, 2.45) is 9.98 Å². The first-order valence-corrected chi connectivity index (χ1v) is 12.4. The standard InChI is InChI=1S/C22H22Cl6N4O/c1-4-31(5-2)15-8-10-16(11-9-15)32-18(14-6-12-17(33-3)13-7-14)29-19(21(23,24)25)30-20(32)22(26,27)28/h6-13,20H,4-5H2,1-3H3. The molecule has 1 heterocycles. The van der Waals surface area contributed by atoms with Crippen molar-refractivity contribution in [2.75, 3.05) is 30.0 Å².